The van der Waals surface area contributed by atoms with Crippen LogP contribution in [0.15, 0.2) is 60.7 Å². The molecule has 2 aromatic rings. The molecule has 2 heterocycles. The molecular formula is C27H24N4O2. The zero-order valence-electron chi connectivity index (χ0n) is 18.4. The van der Waals surface area contributed by atoms with Crippen molar-refractivity contribution in [1.29, 1.82) is 21.2 Å². The lowest BCUT2D eigenvalue weighted by Gasteiger charge is -2.54. The van der Waals surface area contributed by atoms with E-state index in [0.29, 0.717) is 12.8 Å². The lowest BCUT2D eigenvalue weighted by Crippen LogP contribution is -2.64. The standard InChI is InChI=1S/C27H24N4O2/c1-18(19-8-4-2-5-9-19)23-25(15-28,16-29)26(17-30)22-14-21(20-10-6-3-7-11-20)12-13-27(22,32-23)33-24(26)31/h2-11,18,21-23,31H,12-14H2,1H3. The molecule has 2 aliphatic heterocycles. The van der Waals surface area contributed by atoms with Crippen LogP contribution in [0.4, 0.5) is 0 Å². The van der Waals surface area contributed by atoms with E-state index in [9.17, 15) is 15.8 Å². The number of nitrogens with one attached hydrogen (secondary N) is 1. The Hall–Kier alpha value is -3.66. The molecule has 33 heavy (non-hydrogen) atoms. The molecule has 164 valence electrons. The number of nitriles is 3. The monoisotopic (exact) mass is 436 g/mol. The lowest BCUT2D eigenvalue weighted by molar-refractivity contribution is -0.296. The highest BCUT2D eigenvalue weighted by molar-refractivity contribution is 5.89. The summed E-state index contributed by atoms with van der Waals surface area (Å²) < 4.78 is 12.7. The normalized spacial score (nSPS) is 34.6. The fourth-order valence-corrected chi connectivity index (χ4v) is 6.30. The molecule has 1 saturated carbocycles. The minimum absolute atomic E-state index is 0.133. The van der Waals surface area contributed by atoms with E-state index in [4.69, 9.17) is 14.9 Å². The smallest absolute Gasteiger partial charge is 0.217 e. The predicted octanol–water partition coefficient (Wildman–Crippen LogP) is 5.02. The Morgan fingerprint density at radius 2 is 1.61 bits per heavy atom. The molecule has 2 bridgehead atoms. The summed E-state index contributed by atoms with van der Waals surface area (Å²) in [6, 6.07) is 26.2. The van der Waals surface area contributed by atoms with Crippen LogP contribution in [0.25, 0.3) is 0 Å². The maximum Gasteiger partial charge on any atom is 0.217 e. The van der Waals surface area contributed by atoms with Crippen molar-refractivity contribution in [3.05, 3.63) is 71.8 Å². The van der Waals surface area contributed by atoms with Gasteiger partial charge in [0, 0.05) is 12.3 Å². The molecule has 1 aliphatic carbocycles. The van der Waals surface area contributed by atoms with Gasteiger partial charge in [0.2, 0.25) is 11.7 Å². The first-order valence-corrected chi connectivity index (χ1v) is 11.3. The summed E-state index contributed by atoms with van der Waals surface area (Å²) in [4.78, 5) is 0. The molecule has 0 radical (unpaired) electrons. The van der Waals surface area contributed by atoms with Gasteiger partial charge in [0.05, 0.1) is 24.1 Å². The Morgan fingerprint density at radius 3 is 2.21 bits per heavy atom. The Bertz CT molecular complexity index is 1190. The van der Waals surface area contributed by atoms with E-state index in [2.05, 4.69) is 30.3 Å². The molecule has 6 unspecified atom stereocenters. The van der Waals surface area contributed by atoms with Gasteiger partial charge < -0.3 is 9.47 Å². The first kappa shape index (κ1) is 21.2. The Balaban J connectivity index is 1.65. The van der Waals surface area contributed by atoms with Gasteiger partial charge in [-0.2, -0.15) is 15.8 Å². The highest BCUT2D eigenvalue weighted by atomic mass is 16.7. The van der Waals surface area contributed by atoms with Crippen molar-refractivity contribution in [2.45, 2.75) is 49.9 Å². The molecule has 5 rings (SSSR count). The van der Waals surface area contributed by atoms with Crippen LogP contribution in [0.1, 0.15) is 49.1 Å². The van der Waals surface area contributed by atoms with Crippen molar-refractivity contribution in [3.8, 4) is 18.2 Å². The maximum absolute atomic E-state index is 10.6. The van der Waals surface area contributed by atoms with Gasteiger partial charge in [0.15, 0.2) is 10.8 Å². The summed E-state index contributed by atoms with van der Waals surface area (Å²) in [6.07, 6.45) is 0.862. The highest BCUT2D eigenvalue weighted by Gasteiger charge is 2.81. The topological polar surface area (TPSA) is 114 Å². The second-order valence-corrected chi connectivity index (χ2v) is 9.37. The molecule has 3 aliphatic rings. The van der Waals surface area contributed by atoms with Crippen LogP contribution in [0.2, 0.25) is 0 Å². The fraction of sp³-hybridized carbons (Fsp3) is 0.407. The first-order valence-electron chi connectivity index (χ1n) is 11.3. The van der Waals surface area contributed by atoms with Crippen LogP contribution in [0.3, 0.4) is 0 Å². The van der Waals surface area contributed by atoms with Crippen LogP contribution in [0, 0.1) is 56.2 Å². The first-order chi connectivity index (χ1) is 16.0. The molecule has 2 aromatic carbocycles. The SMILES string of the molecule is CC(c1ccccc1)C1OC23CCC(c4ccccc4)CC2C(C#N)(C(=N)O3)C1(C#N)C#N. The van der Waals surface area contributed by atoms with Crippen molar-refractivity contribution < 1.29 is 9.47 Å². The van der Waals surface area contributed by atoms with E-state index in [0.717, 1.165) is 17.5 Å². The Kier molecular flexibility index (Phi) is 4.78. The third-order valence-electron chi connectivity index (χ3n) is 8.00. The second-order valence-electron chi connectivity index (χ2n) is 9.37. The summed E-state index contributed by atoms with van der Waals surface area (Å²) in [5.74, 6) is -2.29. The van der Waals surface area contributed by atoms with Crippen molar-refractivity contribution in [2.75, 3.05) is 0 Å². The Labute approximate surface area is 193 Å². The maximum atomic E-state index is 10.6. The highest BCUT2D eigenvalue weighted by Crippen LogP contribution is 2.68. The quantitative estimate of drug-likeness (QED) is 0.726. The van der Waals surface area contributed by atoms with Crippen molar-refractivity contribution in [3.63, 3.8) is 0 Å². The molecule has 0 spiro atoms. The molecule has 1 N–H and O–H groups in total. The van der Waals surface area contributed by atoms with Gasteiger partial charge in [-0.3, -0.25) is 5.41 Å². The molecule has 6 nitrogen and oxygen atoms in total. The van der Waals surface area contributed by atoms with E-state index >= 15 is 0 Å². The summed E-state index contributed by atoms with van der Waals surface area (Å²) in [7, 11) is 0. The second kappa shape index (κ2) is 7.45. The number of rotatable bonds is 3. The number of hydrogen-bond donors (Lipinski definition) is 1. The van der Waals surface area contributed by atoms with Gasteiger partial charge in [0.1, 0.15) is 6.10 Å². The zero-order chi connectivity index (χ0) is 23.3. The minimum atomic E-state index is -1.88. The van der Waals surface area contributed by atoms with Crippen LogP contribution >= 0.6 is 0 Å². The summed E-state index contributed by atoms with van der Waals surface area (Å²) in [5.41, 5.74) is -1.53. The molecule has 6 heteroatoms. The summed E-state index contributed by atoms with van der Waals surface area (Å²) >= 11 is 0. The van der Waals surface area contributed by atoms with Crippen molar-refractivity contribution in [2.24, 2.45) is 16.7 Å². The predicted molar refractivity (Wildman–Crippen MR) is 120 cm³/mol. The number of ether oxygens (including phenoxy) is 2. The van der Waals surface area contributed by atoms with Gasteiger partial charge in [-0.05, 0) is 29.9 Å². The largest absolute Gasteiger partial charge is 0.447 e. The number of benzene rings is 2. The van der Waals surface area contributed by atoms with Gasteiger partial charge in [0.25, 0.3) is 0 Å². The van der Waals surface area contributed by atoms with Gasteiger partial charge >= 0.3 is 0 Å². The van der Waals surface area contributed by atoms with E-state index < -0.39 is 28.6 Å². The molecule has 6 atom stereocenters. The zero-order valence-corrected chi connectivity index (χ0v) is 18.4. The minimum Gasteiger partial charge on any atom is -0.447 e. The average Bonchev–Trinajstić information content (AvgIpc) is 3.07. The average molecular weight is 437 g/mol. The van der Waals surface area contributed by atoms with Crippen LogP contribution < -0.4 is 0 Å². The van der Waals surface area contributed by atoms with Gasteiger partial charge in [-0.25, -0.2) is 0 Å². The van der Waals surface area contributed by atoms with E-state index in [1.165, 1.54) is 0 Å². The molecular weight excluding hydrogens is 412 g/mol. The fourth-order valence-electron chi connectivity index (χ4n) is 6.30. The molecule has 0 amide bonds. The molecule has 2 saturated heterocycles. The summed E-state index contributed by atoms with van der Waals surface area (Å²) in [5, 5.41) is 40.2. The van der Waals surface area contributed by atoms with Crippen molar-refractivity contribution >= 4 is 5.90 Å². The van der Waals surface area contributed by atoms with E-state index in [1.54, 1.807) is 0 Å². The van der Waals surface area contributed by atoms with Crippen LogP contribution in [0.5, 0.6) is 0 Å². The molecule has 0 aromatic heterocycles. The van der Waals surface area contributed by atoms with Crippen LogP contribution in [-0.4, -0.2) is 17.8 Å². The van der Waals surface area contributed by atoms with Crippen molar-refractivity contribution in [1.82, 2.24) is 0 Å². The van der Waals surface area contributed by atoms with Gasteiger partial charge in [-0.15, -0.1) is 0 Å². The number of hydrogen-bond acceptors (Lipinski definition) is 6. The number of nitrogens with zero attached hydrogens (tertiary/aromatic N) is 3. The summed E-state index contributed by atoms with van der Waals surface area (Å²) in [6.45, 7) is 1.91. The molecule has 3 fully saturated rings. The third kappa shape index (κ3) is 2.64. The van der Waals surface area contributed by atoms with E-state index in [1.807, 2.05) is 55.5 Å². The third-order valence-corrected chi connectivity index (χ3v) is 8.00. The lowest BCUT2D eigenvalue weighted by atomic mass is 9.49. The van der Waals surface area contributed by atoms with E-state index in [-0.39, 0.29) is 17.7 Å². The van der Waals surface area contributed by atoms with Crippen LogP contribution in [-0.2, 0) is 9.47 Å². The van der Waals surface area contributed by atoms with Gasteiger partial charge in [-0.1, -0.05) is 67.6 Å². The Morgan fingerprint density at radius 1 is 0.970 bits per heavy atom.